The Morgan fingerprint density at radius 2 is 2.33 bits per heavy atom. The molecule has 0 radical (unpaired) electrons. The molecule has 0 aromatic rings. The summed E-state index contributed by atoms with van der Waals surface area (Å²) in [7, 11) is 0. The second kappa shape index (κ2) is 3.73. The zero-order valence-electron chi connectivity index (χ0n) is 9.92. The van der Waals surface area contributed by atoms with E-state index in [4.69, 9.17) is 9.84 Å². The van der Waals surface area contributed by atoms with Crippen molar-refractivity contribution in [3.63, 3.8) is 0 Å². The standard InChI is InChI=1S/C13H13NO4/c1-7-6-18-9-3-2-4-14-5-8(13(16)17)12(15)10(7)11(9)14/h2-4,7-8H,5-6H2,1H3,(H,16,17). The van der Waals surface area contributed by atoms with E-state index in [1.807, 2.05) is 13.0 Å². The van der Waals surface area contributed by atoms with Crippen LogP contribution in [0.3, 0.4) is 0 Å². The number of carbonyl (C=O) groups is 2. The summed E-state index contributed by atoms with van der Waals surface area (Å²) in [6.07, 6.45) is 5.41. The summed E-state index contributed by atoms with van der Waals surface area (Å²) in [6.45, 7) is 2.49. The molecule has 3 rings (SSSR count). The summed E-state index contributed by atoms with van der Waals surface area (Å²) in [6, 6.07) is 0. The molecule has 5 heteroatoms. The second-order valence-electron chi connectivity index (χ2n) is 4.75. The number of nitrogens with zero attached hydrogens (tertiary/aromatic N) is 1. The summed E-state index contributed by atoms with van der Waals surface area (Å²) in [4.78, 5) is 25.2. The monoisotopic (exact) mass is 247 g/mol. The third kappa shape index (κ3) is 1.40. The lowest BCUT2D eigenvalue weighted by atomic mass is 9.82. The van der Waals surface area contributed by atoms with Gasteiger partial charge in [0.2, 0.25) is 0 Å². The zero-order valence-corrected chi connectivity index (χ0v) is 9.92. The summed E-state index contributed by atoms with van der Waals surface area (Å²) >= 11 is 0. The van der Waals surface area contributed by atoms with Gasteiger partial charge in [0.25, 0.3) is 0 Å². The van der Waals surface area contributed by atoms with Crippen LogP contribution in [0.2, 0.25) is 0 Å². The predicted molar refractivity (Wildman–Crippen MR) is 62.2 cm³/mol. The molecule has 0 saturated heterocycles. The van der Waals surface area contributed by atoms with Crippen molar-refractivity contribution in [3.05, 3.63) is 35.4 Å². The number of allylic oxidation sites excluding steroid dienone is 2. The van der Waals surface area contributed by atoms with Crippen molar-refractivity contribution in [3.8, 4) is 0 Å². The summed E-state index contributed by atoms with van der Waals surface area (Å²) in [5.74, 6) is -1.71. The maximum absolute atomic E-state index is 12.3. The van der Waals surface area contributed by atoms with Gasteiger partial charge in [0, 0.05) is 24.2 Å². The van der Waals surface area contributed by atoms with Crippen molar-refractivity contribution in [1.82, 2.24) is 4.90 Å². The normalized spacial score (nSPS) is 29.7. The molecule has 0 saturated carbocycles. The van der Waals surface area contributed by atoms with Gasteiger partial charge in [-0.1, -0.05) is 6.92 Å². The molecule has 3 heterocycles. The van der Waals surface area contributed by atoms with E-state index in [0.717, 1.165) is 5.70 Å². The Kier molecular flexibility index (Phi) is 2.29. The molecule has 3 aliphatic rings. The number of carboxylic acids is 1. The number of hydrogen-bond acceptors (Lipinski definition) is 4. The molecule has 1 N–H and O–H groups in total. The second-order valence-corrected chi connectivity index (χ2v) is 4.75. The van der Waals surface area contributed by atoms with Gasteiger partial charge in [-0.15, -0.1) is 0 Å². The highest BCUT2D eigenvalue weighted by molar-refractivity contribution is 6.10. The lowest BCUT2D eigenvalue weighted by Gasteiger charge is -2.40. The lowest BCUT2D eigenvalue weighted by Crippen LogP contribution is -2.45. The van der Waals surface area contributed by atoms with Crippen LogP contribution in [0.4, 0.5) is 0 Å². The van der Waals surface area contributed by atoms with Crippen LogP contribution in [-0.2, 0) is 14.3 Å². The molecule has 0 aliphatic carbocycles. The van der Waals surface area contributed by atoms with Crippen molar-refractivity contribution < 1.29 is 19.4 Å². The molecule has 0 bridgehead atoms. The molecule has 2 unspecified atom stereocenters. The van der Waals surface area contributed by atoms with Crippen molar-refractivity contribution in [2.75, 3.05) is 13.2 Å². The van der Waals surface area contributed by atoms with E-state index in [2.05, 4.69) is 0 Å². The van der Waals surface area contributed by atoms with E-state index in [9.17, 15) is 9.59 Å². The van der Waals surface area contributed by atoms with Gasteiger partial charge >= 0.3 is 5.97 Å². The first-order valence-electron chi connectivity index (χ1n) is 5.89. The minimum Gasteiger partial charge on any atom is -0.491 e. The Morgan fingerprint density at radius 3 is 3.06 bits per heavy atom. The topological polar surface area (TPSA) is 66.8 Å². The van der Waals surface area contributed by atoms with Crippen molar-refractivity contribution in [2.45, 2.75) is 6.92 Å². The fraction of sp³-hybridized carbons (Fsp3) is 0.385. The minimum absolute atomic E-state index is 0.0687. The van der Waals surface area contributed by atoms with E-state index in [1.54, 1.807) is 17.2 Å². The zero-order chi connectivity index (χ0) is 12.9. The third-order valence-electron chi connectivity index (χ3n) is 3.53. The Hall–Kier alpha value is -2.04. The fourth-order valence-electron chi connectivity index (χ4n) is 2.63. The number of rotatable bonds is 1. The Labute approximate surface area is 104 Å². The number of aliphatic carboxylic acids is 1. The van der Waals surface area contributed by atoms with Gasteiger partial charge in [-0.05, 0) is 12.2 Å². The van der Waals surface area contributed by atoms with E-state index >= 15 is 0 Å². The first-order chi connectivity index (χ1) is 8.59. The van der Waals surface area contributed by atoms with E-state index in [-0.39, 0.29) is 18.2 Å². The molecule has 0 spiro atoms. The number of hydrogen-bond donors (Lipinski definition) is 1. The first-order valence-corrected chi connectivity index (χ1v) is 5.89. The van der Waals surface area contributed by atoms with Gasteiger partial charge in [0.15, 0.2) is 5.78 Å². The summed E-state index contributed by atoms with van der Waals surface area (Å²) in [5.41, 5.74) is 1.34. The van der Waals surface area contributed by atoms with Crippen molar-refractivity contribution >= 4 is 11.8 Å². The average molecular weight is 247 g/mol. The highest BCUT2D eigenvalue weighted by Crippen LogP contribution is 2.38. The fourth-order valence-corrected chi connectivity index (χ4v) is 2.63. The van der Waals surface area contributed by atoms with Crippen LogP contribution in [0.25, 0.3) is 0 Å². The molecule has 0 amide bonds. The van der Waals surface area contributed by atoms with Gasteiger partial charge in [-0.2, -0.15) is 0 Å². The maximum atomic E-state index is 12.3. The average Bonchev–Trinajstić information content (AvgIpc) is 2.35. The van der Waals surface area contributed by atoms with Crippen LogP contribution in [0.1, 0.15) is 6.92 Å². The van der Waals surface area contributed by atoms with E-state index in [1.165, 1.54) is 0 Å². The minimum atomic E-state index is -1.06. The van der Waals surface area contributed by atoms with E-state index < -0.39 is 11.9 Å². The number of ether oxygens (including phenoxy) is 1. The molecule has 5 nitrogen and oxygen atoms in total. The maximum Gasteiger partial charge on any atom is 0.316 e. The molecular weight excluding hydrogens is 234 g/mol. The highest BCUT2D eigenvalue weighted by Gasteiger charge is 2.43. The van der Waals surface area contributed by atoms with E-state index in [0.29, 0.717) is 17.9 Å². The molecule has 0 fully saturated rings. The van der Waals surface area contributed by atoms with Crippen LogP contribution in [-0.4, -0.2) is 34.9 Å². The van der Waals surface area contributed by atoms with Gasteiger partial charge in [-0.3, -0.25) is 9.59 Å². The molecule has 0 aromatic carbocycles. The molecule has 18 heavy (non-hydrogen) atoms. The first kappa shape index (κ1) is 11.1. The molecule has 2 atom stereocenters. The molecular formula is C13H13NO4. The number of Topliss-reactive ketones (excluding diaryl/α,β-unsaturated/α-hetero) is 1. The van der Waals surface area contributed by atoms with Crippen molar-refractivity contribution in [1.29, 1.82) is 0 Å². The molecule has 3 aliphatic heterocycles. The summed E-state index contributed by atoms with van der Waals surface area (Å²) < 4.78 is 5.59. The Balaban J connectivity index is 2.15. The summed E-state index contributed by atoms with van der Waals surface area (Å²) in [5, 5.41) is 9.14. The van der Waals surface area contributed by atoms with Gasteiger partial charge < -0.3 is 14.7 Å². The smallest absolute Gasteiger partial charge is 0.316 e. The lowest BCUT2D eigenvalue weighted by molar-refractivity contribution is -0.146. The van der Waals surface area contributed by atoms with Gasteiger partial charge in [-0.25, -0.2) is 0 Å². The van der Waals surface area contributed by atoms with Gasteiger partial charge in [0.05, 0.1) is 12.3 Å². The Bertz CT molecular complexity index is 529. The highest BCUT2D eigenvalue weighted by atomic mass is 16.5. The predicted octanol–water partition coefficient (Wildman–Crippen LogP) is 0.903. The van der Waals surface area contributed by atoms with Crippen LogP contribution in [0.15, 0.2) is 35.4 Å². The van der Waals surface area contributed by atoms with Gasteiger partial charge in [0.1, 0.15) is 11.7 Å². The van der Waals surface area contributed by atoms with Crippen LogP contribution >= 0.6 is 0 Å². The Morgan fingerprint density at radius 1 is 1.56 bits per heavy atom. The van der Waals surface area contributed by atoms with Crippen LogP contribution < -0.4 is 0 Å². The molecule has 0 aromatic heterocycles. The number of carbonyl (C=O) groups excluding carboxylic acids is 1. The van der Waals surface area contributed by atoms with Crippen LogP contribution in [0.5, 0.6) is 0 Å². The largest absolute Gasteiger partial charge is 0.491 e. The number of ketones is 1. The SMILES string of the molecule is CC1COC2=CC=CN3CC(C(=O)O)C(=O)C1=C23. The van der Waals surface area contributed by atoms with Crippen LogP contribution in [0, 0.1) is 11.8 Å². The quantitative estimate of drug-likeness (QED) is 0.697. The van der Waals surface area contributed by atoms with Crippen molar-refractivity contribution in [2.24, 2.45) is 11.8 Å². The number of carboxylic acid groups (broad SMARTS) is 1. The molecule has 94 valence electrons. The third-order valence-corrected chi connectivity index (χ3v) is 3.53.